The summed E-state index contributed by atoms with van der Waals surface area (Å²) in [6, 6.07) is 11.1. The van der Waals surface area contributed by atoms with Crippen LogP contribution in [0.1, 0.15) is 49.5 Å². The predicted molar refractivity (Wildman–Crippen MR) is 133 cm³/mol. The van der Waals surface area contributed by atoms with Crippen LogP contribution in [0.4, 0.5) is 5.69 Å². The van der Waals surface area contributed by atoms with Crippen LogP contribution < -0.4 is 10.6 Å². The molecule has 0 bridgehead atoms. The van der Waals surface area contributed by atoms with Gasteiger partial charge >= 0.3 is 0 Å². The van der Waals surface area contributed by atoms with Crippen molar-refractivity contribution in [3.05, 3.63) is 63.6 Å². The first kappa shape index (κ1) is 25.9. The minimum absolute atomic E-state index is 0.193. The number of rotatable bonds is 8. The van der Waals surface area contributed by atoms with Crippen molar-refractivity contribution < 1.29 is 19.2 Å². The Morgan fingerprint density at radius 2 is 1.68 bits per heavy atom. The van der Waals surface area contributed by atoms with E-state index in [4.69, 9.17) is 23.2 Å². The molecule has 1 aliphatic carbocycles. The Bertz CT molecular complexity index is 1080. The van der Waals surface area contributed by atoms with Gasteiger partial charge in [0.25, 0.3) is 5.91 Å². The smallest absolute Gasteiger partial charge is 0.258 e. The van der Waals surface area contributed by atoms with Gasteiger partial charge in [-0.05, 0) is 54.5 Å². The second kappa shape index (κ2) is 10.3. The van der Waals surface area contributed by atoms with Crippen molar-refractivity contribution in [1.82, 2.24) is 5.32 Å². The fraction of sp³-hybridized carbons (Fsp3) is 0.385. The van der Waals surface area contributed by atoms with Crippen molar-refractivity contribution >= 4 is 53.3 Å². The second-order valence-corrected chi connectivity index (χ2v) is 10.3. The molecule has 2 amide bonds. The maximum Gasteiger partial charge on any atom is 0.258 e. The summed E-state index contributed by atoms with van der Waals surface area (Å²) in [4.78, 5) is 48.8. The van der Waals surface area contributed by atoms with Gasteiger partial charge in [-0.3, -0.25) is 9.59 Å². The van der Waals surface area contributed by atoms with E-state index >= 15 is 0 Å². The lowest BCUT2D eigenvalue weighted by Crippen LogP contribution is -2.51. The number of carbonyl (C=O) groups is 4. The van der Waals surface area contributed by atoms with E-state index in [1.54, 1.807) is 42.5 Å². The molecule has 2 unspecified atom stereocenters. The quantitative estimate of drug-likeness (QED) is 0.490. The Morgan fingerprint density at radius 1 is 1.06 bits per heavy atom. The number of amides is 2. The molecule has 2 N–H and O–H groups in total. The van der Waals surface area contributed by atoms with Crippen LogP contribution in [0.3, 0.4) is 0 Å². The van der Waals surface area contributed by atoms with Crippen molar-refractivity contribution in [2.75, 3.05) is 5.32 Å². The number of anilines is 1. The largest absolute Gasteiger partial charge is 0.346 e. The van der Waals surface area contributed by atoms with E-state index in [0.29, 0.717) is 24.9 Å². The van der Waals surface area contributed by atoms with E-state index in [9.17, 15) is 19.2 Å². The molecule has 34 heavy (non-hydrogen) atoms. The van der Waals surface area contributed by atoms with E-state index in [1.807, 2.05) is 20.8 Å². The van der Waals surface area contributed by atoms with E-state index in [-0.39, 0.29) is 27.4 Å². The fourth-order valence-electron chi connectivity index (χ4n) is 4.53. The molecule has 0 aliphatic heterocycles. The van der Waals surface area contributed by atoms with Gasteiger partial charge in [0, 0.05) is 11.6 Å². The van der Waals surface area contributed by atoms with Gasteiger partial charge in [0.2, 0.25) is 5.91 Å². The molecule has 8 heteroatoms. The molecule has 180 valence electrons. The average Bonchev–Trinajstić information content (AvgIpc) is 3.03. The third-order valence-electron chi connectivity index (χ3n) is 7.31. The molecule has 2 aromatic rings. The molecule has 1 saturated carbocycles. The van der Waals surface area contributed by atoms with Crippen LogP contribution in [0.15, 0.2) is 42.5 Å². The van der Waals surface area contributed by atoms with Crippen molar-refractivity contribution in [1.29, 1.82) is 0 Å². The van der Waals surface area contributed by atoms with Gasteiger partial charge in [0.15, 0.2) is 0 Å². The van der Waals surface area contributed by atoms with Crippen molar-refractivity contribution in [2.24, 2.45) is 16.7 Å². The highest BCUT2D eigenvalue weighted by molar-refractivity contribution is 6.40. The number of benzene rings is 2. The van der Waals surface area contributed by atoms with Crippen LogP contribution in [-0.2, 0) is 20.8 Å². The standard InChI is InChI=1S/C26H28Cl2N2O4/c1-25(2)17(14-31)11-12-26(25,3)24(34)30-19(15-32)13-16-7-9-18(10-8-16)29-23(33)22-20(27)5-4-6-21(22)28/h4-10,14-15,17,19H,11-13H2,1-3H3,(H,29,33)(H,30,34)/t17?,19?,26-/m0/s1. The third-order valence-corrected chi connectivity index (χ3v) is 7.94. The lowest BCUT2D eigenvalue weighted by Gasteiger charge is -2.39. The summed E-state index contributed by atoms with van der Waals surface area (Å²) in [7, 11) is 0. The summed E-state index contributed by atoms with van der Waals surface area (Å²) in [5.74, 6) is -0.844. The number of aldehydes is 2. The van der Waals surface area contributed by atoms with Crippen molar-refractivity contribution in [3.63, 3.8) is 0 Å². The molecule has 0 heterocycles. The molecule has 1 fully saturated rings. The van der Waals surface area contributed by atoms with Gasteiger partial charge in [-0.1, -0.05) is 62.2 Å². The molecule has 6 nitrogen and oxygen atoms in total. The lowest BCUT2D eigenvalue weighted by atomic mass is 9.65. The van der Waals surface area contributed by atoms with E-state index in [2.05, 4.69) is 10.6 Å². The number of carbonyl (C=O) groups excluding carboxylic acids is 4. The highest BCUT2D eigenvalue weighted by Gasteiger charge is 2.55. The minimum Gasteiger partial charge on any atom is -0.346 e. The number of halogens is 2. The first-order valence-electron chi connectivity index (χ1n) is 11.1. The first-order chi connectivity index (χ1) is 16.0. The van der Waals surface area contributed by atoms with Gasteiger partial charge in [-0.25, -0.2) is 0 Å². The minimum atomic E-state index is -0.742. The van der Waals surface area contributed by atoms with Gasteiger partial charge in [-0.2, -0.15) is 0 Å². The highest BCUT2D eigenvalue weighted by atomic mass is 35.5. The highest BCUT2D eigenvalue weighted by Crippen LogP contribution is 2.55. The van der Waals surface area contributed by atoms with Gasteiger partial charge in [0.05, 0.1) is 27.1 Å². The van der Waals surface area contributed by atoms with Crippen LogP contribution >= 0.6 is 23.2 Å². The van der Waals surface area contributed by atoms with Crippen molar-refractivity contribution in [2.45, 2.75) is 46.1 Å². The van der Waals surface area contributed by atoms with Crippen LogP contribution in [0.25, 0.3) is 0 Å². The summed E-state index contributed by atoms with van der Waals surface area (Å²) < 4.78 is 0. The Hall–Kier alpha value is -2.70. The van der Waals surface area contributed by atoms with Crippen LogP contribution in [-0.4, -0.2) is 30.4 Å². The molecule has 0 saturated heterocycles. The first-order valence-corrected chi connectivity index (χ1v) is 11.8. The van der Waals surface area contributed by atoms with Gasteiger partial charge in [-0.15, -0.1) is 0 Å². The number of nitrogens with one attached hydrogen (secondary N) is 2. The SMILES string of the molecule is CC1(C)C(C=O)CC[C@@]1(C)C(=O)NC(C=O)Cc1ccc(NC(=O)c2c(Cl)cccc2Cl)cc1. The van der Waals surface area contributed by atoms with Gasteiger partial charge in [0.1, 0.15) is 12.6 Å². The summed E-state index contributed by atoms with van der Waals surface area (Å²) in [6.07, 6.45) is 3.18. The van der Waals surface area contributed by atoms with Gasteiger partial charge < -0.3 is 20.2 Å². The molecule has 0 aromatic heterocycles. The molecule has 2 aromatic carbocycles. The third kappa shape index (κ3) is 5.03. The Balaban J connectivity index is 1.65. The summed E-state index contributed by atoms with van der Waals surface area (Å²) >= 11 is 12.2. The summed E-state index contributed by atoms with van der Waals surface area (Å²) in [6.45, 7) is 5.71. The van der Waals surface area contributed by atoms with Crippen molar-refractivity contribution in [3.8, 4) is 0 Å². The molecular weight excluding hydrogens is 475 g/mol. The summed E-state index contributed by atoms with van der Waals surface area (Å²) in [5, 5.41) is 6.12. The monoisotopic (exact) mass is 502 g/mol. The second-order valence-electron chi connectivity index (χ2n) is 9.50. The Kier molecular flexibility index (Phi) is 7.84. The number of hydrogen-bond donors (Lipinski definition) is 2. The molecule has 1 aliphatic rings. The summed E-state index contributed by atoms with van der Waals surface area (Å²) in [5.41, 5.74) is 0.299. The molecule has 0 radical (unpaired) electrons. The molecule has 3 atom stereocenters. The lowest BCUT2D eigenvalue weighted by molar-refractivity contribution is -0.138. The predicted octanol–water partition coefficient (Wildman–Crippen LogP) is 5.11. The normalized spacial score (nSPS) is 22.0. The molecule has 3 rings (SSSR count). The molecular formula is C26H28Cl2N2O4. The van der Waals surface area contributed by atoms with E-state index in [0.717, 1.165) is 18.1 Å². The molecule has 0 spiro atoms. The Labute approximate surface area is 209 Å². The van der Waals surface area contributed by atoms with E-state index in [1.165, 1.54) is 0 Å². The zero-order valence-corrected chi connectivity index (χ0v) is 20.9. The van der Waals surface area contributed by atoms with Crippen LogP contribution in [0.5, 0.6) is 0 Å². The average molecular weight is 503 g/mol. The number of hydrogen-bond acceptors (Lipinski definition) is 4. The maximum absolute atomic E-state index is 13.1. The van der Waals surface area contributed by atoms with E-state index < -0.39 is 22.8 Å². The zero-order valence-electron chi connectivity index (χ0n) is 19.4. The topological polar surface area (TPSA) is 92.3 Å². The fourth-order valence-corrected chi connectivity index (χ4v) is 5.10. The zero-order chi connectivity index (χ0) is 25.1. The Morgan fingerprint density at radius 3 is 2.21 bits per heavy atom. The van der Waals surface area contributed by atoms with Crippen LogP contribution in [0, 0.1) is 16.7 Å². The van der Waals surface area contributed by atoms with Crippen LogP contribution in [0.2, 0.25) is 10.0 Å². The maximum atomic E-state index is 13.1.